The van der Waals surface area contributed by atoms with E-state index in [0.29, 0.717) is 23.3 Å². The molecule has 1 fully saturated rings. The van der Waals surface area contributed by atoms with Crippen molar-refractivity contribution in [2.45, 2.75) is 13.8 Å². The average molecular weight is 248 g/mol. The van der Waals surface area contributed by atoms with E-state index in [4.69, 9.17) is 10.5 Å². The third kappa shape index (κ3) is 2.75. The first-order valence-electron chi connectivity index (χ1n) is 6.33. The van der Waals surface area contributed by atoms with E-state index in [-0.39, 0.29) is 12.5 Å². The van der Waals surface area contributed by atoms with Gasteiger partial charge in [-0.15, -0.1) is 0 Å². The zero-order valence-electron chi connectivity index (χ0n) is 10.9. The molecule has 2 N–H and O–H groups in total. The quantitative estimate of drug-likeness (QED) is 0.829. The summed E-state index contributed by atoms with van der Waals surface area (Å²) in [4.78, 5) is 13.9. The fourth-order valence-electron chi connectivity index (χ4n) is 2.18. The number of hydrogen-bond acceptors (Lipinski definition) is 3. The topological polar surface area (TPSA) is 55.6 Å². The standard InChI is InChI=1S/C14H20N2O2/c1-10-7-16(8-11(10)2)14(17)9-18-13-6-4-3-5-12(13)15/h3-6,10-11H,7-9,15H2,1-2H3. The number of benzene rings is 1. The van der Waals surface area contributed by atoms with Gasteiger partial charge in [-0.1, -0.05) is 26.0 Å². The number of amides is 1. The maximum absolute atomic E-state index is 12.0. The van der Waals surface area contributed by atoms with E-state index < -0.39 is 0 Å². The highest BCUT2D eigenvalue weighted by Crippen LogP contribution is 2.23. The molecule has 0 aliphatic carbocycles. The van der Waals surface area contributed by atoms with Crippen LogP contribution in [0.15, 0.2) is 24.3 Å². The predicted octanol–water partition coefficient (Wildman–Crippen LogP) is 1.76. The number of nitrogens with two attached hydrogens (primary N) is 1. The molecule has 1 aliphatic heterocycles. The van der Waals surface area contributed by atoms with E-state index in [2.05, 4.69) is 13.8 Å². The highest BCUT2D eigenvalue weighted by molar-refractivity contribution is 5.78. The third-order valence-corrected chi connectivity index (χ3v) is 3.61. The summed E-state index contributed by atoms with van der Waals surface area (Å²) in [6.07, 6.45) is 0. The van der Waals surface area contributed by atoms with Crippen LogP contribution < -0.4 is 10.5 Å². The summed E-state index contributed by atoms with van der Waals surface area (Å²) in [5.74, 6) is 1.74. The molecular formula is C14H20N2O2. The minimum atomic E-state index is 0.0365. The van der Waals surface area contributed by atoms with Crippen LogP contribution >= 0.6 is 0 Å². The summed E-state index contributed by atoms with van der Waals surface area (Å²) in [6.45, 7) is 6.07. The zero-order chi connectivity index (χ0) is 13.1. The molecule has 0 saturated carbocycles. The molecule has 1 saturated heterocycles. The van der Waals surface area contributed by atoms with Crippen molar-refractivity contribution in [3.05, 3.63) is 24.3 Å². The number of rotatable bonds is 3. The number of carbonyl (C=O) groups is 1. The van der Waals surface area contributed by atoms with Crippen LogP contribution in [0.1, 0.15) is 13.8 Å². The molecule has 1 aromatic rings. The molecule has 2 atom stereocenters. The summed E-state index contributed by atoms with van der Waals surface area (Å²) >= 11 is 0. The number of para-hydroxylation sites is 2. The molecule has 1 amide bonds. The van der Waals surface area contributed by atoms with E-state index in [1.54, 1.807) is 12.1 Å². The Morgan fingerprint density at radius 2 is 1.94 bits per heavy atom. The molecular weight excluding hydrogens is 228 g/mol. The van der Waals surface area contributed by atoms with Crippen LogP contribution in [-0.2, 0) is 4.79 Å². The van der Waals surface area contributed by atoms with Gasteiger partial charge in [0.25, 0.3) is 5.91 Å². The number of likely N-dealkylation sites (tertiary alicyclic amines) is 1. The van der Waals surface area contributed by atoms with Gasteiger partial charge >= 0.3 is 0 Å². The molecule has 2 rings (SSSR count). The number of hydrogen-bond donors (Lipinski definition) is 1. The van der Waals surface area contributed by atoms with Crippen LogP contribution in [0, 0.1) is 11.8 Å². The van der Waals surface area contributed by atoms with E-state index in [1.807, 2.05) is 17.0 Å². The Morgan fingerprint density at radius 3 is 2.56 bits per heavy atom. The molecule has 4 nitrogen and oxygen atoms in total. The molecule has 0 radical (unpaired) electrons. The molecule has 2 unspecified atom stereocenters. The average Bonchev–Trinajstić information content (AvgIpc) is 2.68. The molecule has 1 aromatic carbocycles. The summed E-state index contributed by atoms with van der Waals surface area (Å²) in [5, 5.41) is 0. The minimum absolute atomic E-state index is 0.0365. The number of carbonyl (C=O) groups excluding carboxylic acids is 1. The van der Waals surface area contributed by atoms with Crippen LogP contribution in [0.25, 0.3) is 0 Å². The lowest BCUT2D eigenvalue weighted by molar-refractivity contribution is -0.132. The van der Waals surface area contributed by atoms with Gasteiger partial charge in [-0.05, 0) is 24.0 Å². The molecule has 98 valence electrons. The van der Waals surface area contributed by atoms with E-state index in [1.165, 1.54) is 0 Å². The van der Waals surface area contributed by atoms with Gasteiger partial charge in [0.05, 0.1) is 5.69 Å². The van der Waals surface area contributed by atoms with Gasteiger partial charge in [0.15, 0.2) is 6.61 Å². The lowest BCUT2D eigenvalue weighted by atomic mass is 10.0. The third-order valence-electron chi connectivity index (χ3n) is 3.61. The van der Waals surface area contributed by atoms with Gasteiger partial charge in [-0.25, -0.2) is 0 Å². The fraction of sp³-hybridized carbons (Fsp3) is 0.500. The number of nitrogen functional groups attached to an aromatic ring is 1. The van der Waals surface area contributed by atoms with Crippen LogP contribution in [0.3, 0.4) is 0 Å². The Labute approximate surface area is 108 Å². The fourth-order valence-corrected chi connectivity index (χ4v) is 2.18. The molecule has 1 heterocycles. The van der Waals surface area contributed by atoms with Crippen molar-refractivity contribution in [2.75, 3.05) is 25.4 Å². The molecule has 18 heavy (non-hydrogen) atoms. The molecule has 0 bridgehead atoms. The molecule has 4 heteroatoms. The Kier molecular flexibility index (Phi) is 3.75. The smallest absolute Gasteiger partial charge is 0.260 e. The second kappa shape index (κ2) is 5.29. The second-order valence-electron chi connectivity index (χ2n) is 5.08. The number of nitrogens with zero attached hydrogens (tertiary/aromatic N) is 1. The van der Waals surface area contributed by atoms with Gasteiger partial charge in [0.2, 0.25) is 0 Å². The number of anilines is 1. The highest BCUT2D eigenvalue weighted by Gasteiger charge is 2.29. The molecule has 0 spiro atoms. The van der Waals surface area contributed by atoms with Gasteiger partial charge in [0, 0.05) is 13.1 Å². The van der Waals surface area contributed by atoms with Crippen LogP contribution in [0.5, 0.6) is 5.75 Å². The van der Waals surface area contributed by atoms with Crippen molar-refractivity contribution in [3.63, 3.8) is 0 Å². The summed E-state index contributed by atoms with van der Waals surface area (Å²) in [6, 6.07) is 7.22. The molecule has 1 aliphatic rings. The maximum Gasteiger partial charge on any atom is 0.260 e. The maximum atomic E-state index is 12.0. The van der Waals surface area contributed by atoms with E-state index in [0.717, 1.165) is 13.1 Å². The summed E-state index contributed by atoms with van der Waals surface area (Å²) in [5.41, 5.74) is 6.32. The monoisotopic (exact) mass is 248 g/mol. The largest absolute Gasteiger partial charge is 0.482 e. The SMILES string of the molecule is CC1CN(C(=O)COc2ccccc2N)CC1C. The zero-order valence-corrected chi connectivity index (χ0v) is 10.9. The van der Waals surface area contributed by atoms with E-state index >= 15 is 0 Å². The predicted molar refractivity (Wildman–Crippen MR) is 71.3 cm³/mol. The minimum Gasteiger partial charge on any atom is -0.482 e. The normalized spacial score (nSPS) is 23.1. The Bertz CT molecular complexity index is 424. The van der Waals surface area contributed by atoms with E-state index in [9.17, 15) is 4.79 Å². The van der Waals surface area contributed by atoms with Crippen LogP contribution in [-0.4, -0.2) is 30.5 Å². The van der Waals surface area contributed by atoms with Crippen LogP contribution in [0.4, 0.5) is 5.69 Å². The van der Waals surface area contributed by atoms with Crippen molar-refractivity contribution in [1.29, 1.82) is 0 Å². The number of ether oxygens (including phenoxy) is 1. The first-order chi connectivity index (χ1) is 8.58. The highest BCUT2D eigenvalue weighted by atomic mass is 16.5. The first kappa shape index (κ1) is 12.7. The Balaban J connectivity index is 1.88. The van der Waals surface area contributed by atoms with Crippen molar-refractivity contribution < 1.29 is 9.53 Å². The van der Waals surface area contributed by atoms with Crippen molar-refractivity contribution in [1.82, 2.24) is 4.90 Å². The lowest BCUT2D eigenvalue weighted by Gasteiger charge is -2.16. The van der Waals surface area contributed by atoms with Crippen LogP contribution in [0.2, 0.25) is 0 Å². The first-order valence-corrected chi connectivity index (χ1v) is 6.33. The molecule has 0 aromatic heterocycles. The lowest BCUT2D eigenvalue weighted by Crippen LogP contribution is -2.33. The van der Waals surface area contributed by atoms with Crippen molar-refractivity contribution in [3.8, 4) is 5.75 Å². The summed E-state index contributed by atoms with van der Waals surface area (Å²) < 4.78 is 5.47. The van der Waals surface area contributed by atoms with Gasteiger partial charge in [0.1, 0.15) is 5.75 Å². The Morgan fingerprint density at radius 1 is 1.33 bits per heavy atom. The second-order valence-corrected chi connectivity index (χ2v) is 5.08. The van der Waals surface area contributed by atoms with Crippen molar-refractivity contribution in [2.24, 2.45) is 11.8 Å². The Hall–Kier alpha value is -1.71. The summed E-state index contributed by atoms with van der Waals surface area (Å²) in [7, 11) is 0. The van der Waals surface area contributed by atoms with Gasteiger partial charge in [-0.3, -0.25) is 4.79 Å². The van der Waals surface area contributed by atoms with Gasteiger partial charge in [-0.2, -0.15) is 0 Å². The van der Waals surface area contributed by atoms with Gasteiger partial charge < -0.3 is 15.4 Å². The van der Waals surface area contributed by atoms with Crippen molar-refractivity contribution >= 4 is 11.6 Å².